The van der Waals surface area contributed by atoms with Crippen molar-refractivity contribution < 1.29 is 4.42 Å². The van der Waals surface area contributed by atoms with E-state index in [0.717, 1.165) is 11.3 Å². The highest BCUT2D eigenvalue weighted by molar-refractivity contribution is 5.38. The summed E-state index contributed by atoms with van der Waals surface area (Å²) in [6.45, 7) is 5.67. The monoisotopic (exact) mass is 204 g/mol. The third-order valence-corrected chi connectivity index (χ3v) is 2.38. The number of aromatic nitrogens is 2. The van der Waals surface area contributed by atoms with Gasteiger partial charge in [0.05, 0.1) is 5.69 Å². The van der Waals surface area contributed by atoms with Crippen molar-refractivity contribution in [2.45, 2.75) is 20.8 Å². The van der Waals surface area contributed by atoms with E-state index in [4.69, 9.17) is 4.42 Å². The van der Waals surface area contributed by atoms with Gasteiger partial charge in [-0.3, -0.25) is 0 Å². The molecule has 0 amide bonds. The van der Waals surface area contributed by atoms with E-state index >= 15 is 0 Å². The van der Waals surface area contributed by atoms with Gasteiger partial charge in [0, 0.05) is 6.92 Å². The molecule has 0 aliphatic carbocycles. The van der Waals surface area contributed by atoms with Gasteiger partial charge in [-0.05, 0) is 37.1 Å². The predicted octanol–water partition coefficient (Wildman–Crippen LogP) is 1.75. The van der Waals surface area contributed by atoms with E-state index in [1.165, 1.54) is 10.2 Å². The van der Waals surface area contributed by atoms with Gasteiger partial charge in [-0.15, -0.1) is 5.10 Å². The molecule has 0 N–H and O–H groups in total. The third kappa shape index (κ3) is 1.70. The molecule has 15 heavy (non-hydrogen) atoms. The number of rotatable bonds is 1. The van der Waals surface area contributed by atoms with Crippen LogP contribution in [0.2, 0.25) is 0 Å². The zero-order valence-electron chi connectivity index (χ0n) is 8.94. The molecular formula is C11H12N2O2. The van der Waals surface area contributed by atoms with Gasteiger partial charge in [-0.25, -0.2) is 4.79 Å². The smallest absolute Gasteiger partial charge is 0.392 e. The van der Waals surface area contributed by atoms with Crippen molar-refractivity contribution in [1.82, 2.24) is 9.78 Å². The van der Waals surface area contributed by atoms with Gasteiger partial charge < -0.3 is 4.42 Å². The van der Waals surface area contributed by atoms with E-state index in [1.54, 1.807) is 6.92 Å². The number of hydrogen-bond acceptors (Lipinski definition) is 3. The summed E-state index contributed by atoms with van der Waals surface area (Å²) in [4.78, 5) is 11.4. The molecule has 0 aliphatic heterocycles. The molecule has 1 aromatic carbocycles. The summed E-state index contributed by atoms with van der Waals surface area (Å²) in [5.41, 5.74) is 3.05. The zero-order chi connectivity index (χ0) is 11.0. The fourth-order valence-electron chi connectivity index (χ4n) is 1.39. The van der Waals surface area contributed by atoms with Crippen LogP contribution in [-0.4, -0.2) is 9.78 Å². The molecule has 1 aromatic heterocycles. The number of hydrogen-bond donors (Lipinski definition) is 0. The standard InChI is InChI=1S/C11H12N2O2/c1-7-4-5-10(6-8(7)2)13-11(14)15-9(3)12-13/h4-6H,1-3H3. The molecule has 0 spiro atoms. The van der Waals surface area contributed by atoms with Crippen molar-refractivity contribution in [1.29, 1.82) is 0 Å². The number of benzene rings is 1. The predicted molar refractivity (Wildman–Crippen MR) is 56.3 cm³/mol. The summed E-state index contributed by atoms with van der Waals surface area (Å²) in [5.74, 6) is -0.0750. The lowest BCUT2D eigenvalue weighted by molar-refractivity contribution is 0.477. The number of nitrogens with zero attached hydrogens (tertiary/aromatic N) is 2. The van der Waals surface area contributed by atoms with Gasteiger partial charge in [0.15, 0.2) is 0 Å². The quantitative estimate of drug-likeness (QED) is 0.711. The van der Waals surface area contributed by atoms with Crippen LogP contribution < -0.4 is 5.76 Å². The normalized spacial score (nSPS) is 10.6. The lowest BCUT2D eigenvalue weighted by Crippen LogP contribution is -2.13. The van der Waals surface area contributed by atoms with Crippen LogP contribution >= 0.6 is 0 Å². The molecule has 0 atom stereocenters. The summed E-state index contributed by atoms with van der Waals surface area (Å²) in [5, 5.41) is 3.99. The molecule has 0 aliphatic rings. The van der Waals surface area contributed by atoms with Crippen molar-refractivity contribution in [2.24, 2.45) is 0 Å². The van der Waals surface area contributed by atoms with Crippen molar-refractivity contribution in [2.75, 3.05) is 0 Å². The van der Waals surface area contributed by atoms with E-state index in [-0.39, 0.29) is 0 Å². The van der Waals surface area contributed by atoms with Crippen LogP contribution in [0, 0.1) is 20.8 Å². The van der Waals surface area contributed by atoms with Crippen LogP contribution in [0.1, 0.15) is 17.0 Å². The average Bonchev–Trinajstić information content (AvgIpc) is 2.50. The summed E-state index contributed by atoms with van der Waals surface area (Å²) in [7, 11) is 0. The van der Waals surface area contributed by atoms with Crippen LogP contribution in [0.15, 0.2) is 27.4 Å². The minimum atomic E-state index is -0.448. The minimum Gasteiger partial charge on any atom is -0.392 e. The lowest BCUT2D eigenvalue weighted by atomic mass is 10.1. The molecule has 0 fully saturated rings. The minimum absolute atomic E-state index is 0.373. The molecular weight excluding hydrogens is 192 g/mol. The van der Waals surface area contributed by atoms with Crippen LogP contribution in [0.4, 0.5) is 0 Å². The fourth-order valence-corrected chi connectivity index (χ4v) is 1.39. The summed E-state index contributed by atoms with van der Waals surface area (Å²) >= 11 is 0. The molecule has 0 radical (unpaired) electrons. The van der Waals surface area contributed by atoms with Gasteiger partial charge in [0.1, 0.15) is 0 Å². The fraction of sp³-hybridized carbons (Fsp3) is 0.273. The molecule has 78 valence electrons. The van der Waals surface area contributed by atoms with Gasteiger partial charge in [0.25, 0.3) is 0 Å². The molecule has 0 saturated heterocycles. The second kappa shape index (κ2) is 3.38. The molecule has 2 rings (SSSR count). The van der Waals surface area contributed by atoms with Crippen molar-refractivity contribution in [3.8, 4) is 5.69 Å². The van der Waals surface area contributed by atoms with Crippen molar-refractivity contribution >= 4 is 0 Å². The molecule has 0 saturated carbocycles. The highest BCUT2D eigenvalue weighted by Gasteiger charge is 2.06. The van der Waals surface area contributed by atoms with E-state index in [1.807, 2.05) is 32.0 Å². The second-order valence-electron chi connectivity index (χ2n) is 3.57. The van der Waals surface area contributed by atoms with Crippen molar-refractivity contribution in [3.63, 3.8) is 0 Å². The average molecular weight is 204 g/mol. The van der Waals surface area contributed by atoms with Crippen molar-refractivity contribution in [3.05, 3.63) is 45.8 Å². The highest BCUT2D eigenvalue weighted by atomic mass is 16.4. The van der Waals surface area contributed by atoms with Gasteiger partial charge in [0.2, 0.25) is 5.89 Å². The van der Waals surface area contributed by atoms with E-state index in [0.29, 0.717) is 5.89 Å². The Morgan fingerprint density at radius 2 is 1.93 bits per heavy atom. The van der Waals surface area contributed by atoms with Crippen LogP contribution in [-0.2, 0) is 0 Å². The first kappa shape index (κ1) is 9.71. The van der Waals surface area contributed by atoms with E-state index in [9.17, 15) is 4.79 Å². The molecule has 1 heterocycles. The van der Waals surface area contributed by atoms with E-state index in [2.05, 4.69) is 5.10 Å². The molecule has 0 unspecified atom stereocenters. The first-order chi connectivity index (χ1) is 7.08. The molecule has 4 nitrogen and oxygen atoms in total. The molecule has 0 bridgehead atoms. The second-order valence-corrected chi connectivity index (χ2v) is 3.57. The Morgan fingerprint density at radius 1 is 1.20 bits per heavy atom. The Hall–Kier alpha value is -1.84. The Labute approximate surface area is 87.2 Å². The highest BCUT2D eigenvalue weighted by Crippen LogP contribution is 2.11. The summed E-state index contributed by atoms with van der Waals surface area (Å²) < 4.78 is 6.10. The SMILES string of the molecule is Cc1nn(-c2ccc(C)c(C)c2)c(=O)o1. The van der Waals surface area contributed by atoms with Crippen LogP contribution in [0.5, 0.6) is 0 Å². The first-order valence-corrected chi connectivity index (χ1v) is 4.72. The summed E-state index contributed by atoms with van der Waals surface area (Å²) in [6.07, 6.45) is 0. The maximum atomic E-state index is 11.4. The largest absolute Gasteiger partial charge is 0.441 e. The first-order valence-electron chi connectivity index (χ1n) is 4.72. The summed E-state index contributed by atoms with van der Waals surface area (Å²) in [6, 6.07) is 5.73. The van der Waals surface area contributed by atoms with Gasteiger partial charge >= 0.3 is 5.76 Å². The Kier molecular flexibility index (Phi) is 2.19. The van der Waals surface area contributed by atoms with Crippen LogP contribution in [0.25, 0.3) is 5.69 Å². The van der Waals surface area contributed by atoms with Gasteiger partial charge in [-0.1, -0.05) is 6.07 Å². The Bertz CT molecular complexity index is 552. The third-order valence-electron chi connectivity index (χ3n) is 2.38. The Morgan fingerprint density at radius 3 is 2.47 bits per heavy atom. The molecule has 2 aromatic rings. The van der Waals surface area contributed by atoms with E-state index < -0.39 is 5.76 Å². The Balaban J connectivity index is 2.59. The maximum Gasteiger partial charge on any atom is 0.441 e. The van der Waals surface area contributed by atoms with Gasteiger partial charge in [-0.2, -0.15) is 4.68 Å². The maximum absolute atomic E-state index is 11.4. The molecule has 4 heteroatoms. The van der Waals surface area contributed by atoms with Crippen LogP contribution in [0.3, 0.4) is 0 Å². The topological polar surface area (TPSA) is 48.0 Å². The lowest BCUT2D eigenvalue weighted by Gasteiger charge is -2.02. The zero-order valence-corrected chi connectivity index (χ0v) is 8.94. The number of aryl methyl sites for hydroxylation is 3.